The highest BCUT2D eigenvalue weighted by Gasteiger charge is 2.06. The van der Waals surface area contributed by atoms with Crippen LogP contribution in [0.3, 0.4) is 0 Å². The molecule has 0 radical (unpaired) electrons. The maximum atomic E-state index is 11.6. The van der Waals surface area contributed by atoms with E-state index in [1.54, 1.807) is 6.21 Å². The molecule has 124 valence electrons. The molecule has 0 heterocycles. The highest BCUT2D eigenvalue weighted by molar-refractivity contribution is 5.82. The monoisotopic (exact) mass is 327 g/mol. The lowest BCUT2D eigenvalue weighted by Gasteiger charge is -2.04. The average Bonchev–Trinajstić information content (AvgIpc) is 2.61. The van der Waals surface area contributed by atoms with E-state index in [2.05, 4.69) is 17.5 Å². The standard InChI is InChI=1S/C17H17N3O4/c1-2-13-3-5-14(6-4-13)11-18-19-17(21)12-24-16-9-7-15(8-10-16)20(22)23/h3-11H,2,12H2,1H3,(H,19,21)/b18-11+. The van der Waals surface area contributed by atoms with Crippen molar-refractivity contribution < 1.29 is 14.5 Å². The van der Waals surface area contributed by atoms with E-state index in [4.69, 9.17) is 4.74 Å². The number of benzene rings is 2. The fourth-order valence-corrected chi connectivity index (χ4v) is 1.86. The van der Waals surface area contributed by atoms with Gasteiger partial charge in [-0.25, -0.2) is 5.43 Å². The summed E-state index contributed by atoms with van der Waals surface area (Å²) < 4.78 is 5.23. The van der Waals surface area contributed by atoms with Crippen LogP contribution in [0.1, 0.15) is 18.1 Å². The second-order valence-electron chi connectivity index (χ2n) is 4.93. The van der Waals surface area contributed by atoms with Crippen molar-refractivity contribution in [2.45, 2.75) is 13.3 Å². The van der Waals surface area contributed by atoms with E-state index in [1.807, 2.05) is 24.3 Å². The molecule has 7 nitrogen and oxygen atoms in total. The molecule has 2 aromatic carbocycles. The van der Waals surface area contributed by atoms with Crippen LogP contribution < -0.4 is 10.2 Å². The Labute approximate surface area is 139 Å². The third-order valence-corrected chi connectivity index (χ3v) is 3.21. The number of nitrogens with one attached hydrogen (secondary N) is 1. The largest absolute Gasteiger partial charge is 0.484 e. The highest BCUT2D eigenvalue weighted by atomic mass is 16.6. The van der Waals surface area contributed by atoms with Crippen LogP contribution in [0.4, 0.5) is 5.69 Å². The summed E-state index contributed by atoms with van der Waals surface area (Å²) in [5.74, 6) is -0.0512. The second-order valence-corrected chi connectivity index (χ2v) is 4.93. The molecule has 0 aliphatic heterocycles. The van der Waals surface area contributed by atoms with Crippen LogP contribution in [-0.2, 0) is 11.2 Å². The molecule has 0 saturated carbocycles. The summed E-state index contributed by atoms with van der Waals surface area (Å²) in [6.07, 6.45) is 2.51. The zero-order chi connectivity index (χ0) is 17.4. The number of ether oxygens (including phenoxy) is 1. The number of hydrogen-bond donors (Lipinski definition) is 1. The van der Waals surface area contributed by atoms with Crippen molar-refractivity contribution in [1.29, 1.82) is 0 Å². The van der Waals surface area contributed by atoms with Gasteiger partial charge in [-0.15, -0.1) is 0 Å². The molecule has 0 unspecified atom stereocenters. The zero-order valence-corrected chi connectivity index (χ0v) is 13.1. The number of hydrazone groups is 1. The summed E-state index contributed by atoms with van der Waals surface area (Å²) in [5, 5.41) is 14.4. The lowest BCUT2D eigenvalue weighted by atomic mass is 10.1. The normalized spacial score (nSPS) is 10.5. The Morgan fingerprint density at radius 3 is 2.46 bits per heavy atom. The van der Waals surface area contributed by atoms with Crippen LogP contribution in [-0.4, -0.2) is 23.7 Å². The molecular formula is C17H17N3O4. The number of carbonyl (C=O) groups is 1. The zero-order valence-electron chi connectivity index (χ0n) is 13.1. The van der Waals surface area contributed by atoms with E-state index in [-0.39, 0.29) is 12.3 Å². The first-order valence-electron chi connectivity index (χ1n) is 7.36. The highest BCUT2D eigenvalue weighted by Crippen LogP contribution is 2.16. The fourth-order valence-electron chi connectivity index (χ4n) is 1.86. The molecule has 0 bridgehead atoms. The number of hydrogen-bond acceptors (Lipinski definition) is 5. The number of nitro groups is 1. The predicted molar refractivity (Wildman–Crippen MR) is 90.1 cm³/mol. The first-order valence-corrected chi connectivity index (χ1v) is 7.36. The van der Waals surface area contributed by atoms with Gasteiger partial charge in [0, 0.05) is 12.1 Å². The van der Waals surface area contributed by atoms with Crippen molar-refractivity contribution in [3.05, 3.63) is 69.8 Å². The summed E-state index contributed by atoms with van der Waals surface area (Å²) in [7, 11) is 0. The van der Waals surface area contributed by atoms with Crippen molar-refractivity contribution in [2.75, 3.05) is 6.61 Å². The Bertz CT molecular complexity index is 725. The van der Waals surface area contributed by atoms with Gasteiger partial charge in [0.2, 0.25) is 0 Å². The minimum atomic E-state index is -0.502. The molecule has 1 N–H and O–H groups in total. The first kappa shape index (κ1) is 17.1. The number of nitrogens with zero attached hydrogens (tertiary/aromatic N) is 2. The predicted octanol–water partition coefficient (Wildman–Crippen LogP) is 2.69. The van der Waals surface area contributed by atoms with Gasteiger partial charge < -0.3 is 4.74 Å². The molecular weight excluding hydrogens is 310 g/mol. The molecule has 2 aromatic rings. The van der Waals surface area contributed by atoms with E-state index in [0.717, 1.165) is 12.0 Å². The Morgan fingerprint density at radius 2 is 1.88 bits per heavy atom. The van der Waals surface area contributed by atoms with Gasteiger partial charge in [0.25, 0.3) is 11.6 Å². The van der Waals surface area contributed by atoms with Crippen LogP contribution in [0.5, 0.6) is 5.75 Å². The number of non-ortho nitro benzene ring substituents is 1. The molecule has 0 atom stereocenters. The molecule has 2 rings (SSSR count). The van der Waals surface area contributed by atoms with Crippen LogP contribution in [0.15, 0.2) is 53.6 Å². The Kier molecular flexibility index (Phi) is 6.01. The Morgan fingerprint density at radius 1 is 1.21 bits per heavy atom. The van der Waals surface area contributed by atoms with E-state index >= 15 is 0 Å². The van der Waals surface area contributed by atoms with E-state index < -0.39 is 10.8 Å². The van der Waals surface area contributed by atoms with Crippen molar-refractivity contribution in [1.82, 2.24) is 5.43 Å². The Hall–Kier alpha value is -3.22. The van der Waals surface area contributed by atoms with Gasteiger partial charge in [-0.1, -0.05) is 31.2 Å². The molecule has 0 spiro atoms. The number of nitro benzene ring substituents is 1. The van der Waals surface area contributed by atoms with Crippen LogP contribution in [0.2, 0.25) is 0 Å². The smallest absolute Gasteiger partial charge is 0.277 e. The molecule has 0 saturated heterocycles. The molecule has 7 heteroatoms. The van der Waals surface area contributed by atoms with Crippen molar-refractivity contribution in [3.8, 4) is 5.75 Å². The number of carbonyl (C=O) groups excluding carboxylic acids is 1. The van der Waals surface area contributed by atoms with Crippen LogP contribution >= 0.6 is 0 Å². The quantitative estimate of drug-likeness (QED) is 0.480. The van der Waals surface area contributed by atoms with Gasteiger partial charge in [0.1, 0.15) is 5.75 Å². The second kappa shape index (κ2) is 8.42. The van der Waals surface area contributed by atoms with E-state index in [1.165, 1.54) is 29.8 Å². The molecule has 24 heavy (non-hydrogen) atoms. The summed E-state index contributed by atoms with van der Waals surface area (Å²) >= 11 is 0. The minimum Gasteiger partial charge on any atom is -0.484 e. The molecule has 0 fully saturated rings. The van der Waals surface area contributed by atoms with Gasteiger partial charge in [-0.05, 0) is 29.7 Å². The van der Waals surface area contributed by atoms with Crippen molar-refractivity contribution in [3.63, 3.8) is 0 Å². The van der Waals surface area contributed by atoms with Gasteiger partial charge in [0.15, 0.2) is 6.61 Å². The van der Waals surface area contributed by atoms with E-state index in [0.29, 0.717) is 5.75 Å². The Balaban J connectivity index is 1.78. The van der Waals surface area contributed by atoms with Gasteiger partial charge in [0.05, 0.1) is 11.1 Å². The maximum absolute atomic E-state index is 11.6. The molecule has 1 amide bonds. The molecule has 0 aliphatic carbocycles. The maximum Gasteiger partial charge on any atom is 0.277 e. The summed E-state index contributed by atoms with van der Waals surface area (Å²) in [5.41, 5.74) is 4.43. The van der Waals surface area contributed by atoms with Crippen molar-refractivity contribution >= 4 is 17.8 Å². The van der Waals surface area contributed by atoms with Gasteiger partial charge in [-0.2, -0.15) is 5.10 Å². The van der Waals surface area contributed by atoms with Crippen LogP contribution in [0, 0.1) is 10.1 Å². The SMILES string of the molecule is CCc1ccc(/C=N/NC(=O)COc2ccc([N+](=O)[O-])cc2)cc1. The van der Waals surface area contributed by atoms with E-state index in [9.17, 15) is 14.9 Å². The average molecular weight is 327 g/mol. The topological polar surface area (TPSA) is 93.8 Å². The summed E-state index contributed by atoms with van der Waals surface area (Å²) in [6, 6.07) is 13.3. The summed E-state index contributed by atoms with van der Waals surface area (Å²) in [6.45, 7) is 1.85. The lowest BCUT2D eigenvalue weighted by molar-refractivity contribution is -0.384. The molecule has 0 aliphatic rings. The molecule has 0 aromatic heterocycles. The minimum absolute atomic E-state index is 0.0366. The lowest BCUT2D eigenvalue weighted by Crippen LogP contribution is -2.24. The van der Waals surface area contributed by atoms with Crippen LogP contribution in [0.25, 0.3) is 0 Å². The summed E-state index contributed by atoms with van der Waals surface area (Å²) in [4.78, 5) is 21.7. The van der Waals surface area contributed by atoms with Gasteiger partial charge in [-0.3, -0.25) is 14.9 Å². The van der Waals surface area contributed by atoms with Crippen molar-refractivity contribution in [2.24, 2.45) is 5.10 Å². The number of aryl methyl sites for hydroxylation is 1. The third-order valence-electron chi connectivity index (χ3n) is 3.21. The fraction of sp³-hybridized carbons (Fsp3) is 0.176. The van der Waals surface area contributed by atoms with Gasteiger partial charge >= 0.3 is 0 Å². The number of amides is 1. The first-order chi connectivity index (χ1) is 11.6. The third kappa shape index (κ3) is 5.20. The number of rotatable bonds is 7.